The maximum absolute atomic E-state index is 5.62. The van der Waals surface area contributed by atoms with Crippen LogP contribution in [0.3, 0.4) is 0 Å². The SMILES string of the molecule is CC(C)N(Cc1cccs1)c1ccc(CCN)cc1Br. The second-order valence-corrected chi connectivity index (χ2v) is 7.01. The summed E-state index contributed by atoms with van der Waals surface area (Å²) in [5.41, 5.74) is 8.15. The molecule has 0 spiro atoms. The van der Waals surface area contributed by atoms with E-state index in [0.717, 1.165) is 17.4 Å². The van der Waals surface area contributed by atoms with Crippen LogP contribution in [0.4, 0.5) is 5.69 Å². The molecule has 4 heteroatoms. The van der Waals surface area contributed by atoms with Crippen LogP contribution in [0.25, 0.3) is 0 Å². The van der Waals surface area contributed by atoms with Gasteiger partial charge in [0.15, 0.2) is 0 Å². The lowest BCUT2D eigenvalue weighted by molar-refractivity contribution is 0.685. The van der Waals surface area contributed by atoms with Crippen LogP contribution in [-0.4, -0.2) is 12.6 Å². The van der Waals surface area contributed by atoms with Gasteiger partial charge < -0.3 is 10.6 Å². The summed E-state index contributed by atoms with van der Waals surface area (Å²) < 4.78 is 1.15. The maximum atomic E-state index is 5.62. The van der Waals surface area contributed by atoms with Crippen LogP contribution in [0.15, 0.2) is 40.2 Å². The lowest BCUT2D eigenvalue weighted by atomic mass is 10.1. The summed E-state index contributed by atoms with van der Waals surface area (Å²) >= 11 is 5.52. The summed E-state index contributed by atoms with van der Waals surface area (Å²) in [5.74, 6) is 0. The number of nitrogens with two attached hydrogens (primary N) is 1. The molecule has 2 aromatic rings. The van der Waals surface area contributed by atoms with Gasteiger partial charge in [-0.25, -0.2) is 0 Å². The molecule has 1 heterocycles. The van der Waals surface area contributed by atoms with E-state index in [-0.39, 0.29) is 0 Å². The summed E-state index contributed by atoms with van der Waals surface area (Å²) in [7, 11) is 0. The van der Waals surface area contributed by atoms with Crippen molar-refractivity contribution in [3.63, 3.8) is 0 Å². The van der Waals surface area contributed by atoms with E-state index in [2.05, 4.69) is 70.4 Å². The van der Waals surface area contributed by atoms with Gasteiger partial charge in [0, 0.05) is 15.4 Å². The van der Waals surface area contributed by atoms with E-state index in [1.165, 1.54) is 16.1 Å². The number of benzene rings is 1. The van der Waals surface area contributed by atoms with Crippen molar-refractivity contribution < 1.29 is 0 Å². The van der Waals surface area contributed by atoms with Crippen LogP contribution in [-0.2, 0) is 13.0 Å². The molecule has 2 rings (SSSR count). The quantitative estimate of drug-likeness (QED) is 0.833. The zero-order chi connectivity index (χ0) is 14.5. The van der Waals surface area contributed by atoms with Crippen molar-refractivity contribution in [3.8, 4) is 0 Å². The Morgan fingerprint density at radius 1 is 1.30 bits per heavy atom. The zero-order valence-electron chi connectivity index (χ0n) is 12.0. The molecule has 0 atom stereocenters. The molecule has 1 aromatic heterocycles. The predicted molar refractivity (Wildman–Crippen MR) is 92.5 cm³/mol. The first-order valence-corrected chi connectivity index (χ1v) is 8.56. The molecule has 20 heavy (non-hydrogen) atoms. The highest BCUT2D eigenvalue weighted by Crippen LogP contribution is 2.31. The summed E-state index contributed by atoms with van der Waals surface area (Å²) in [4.78, 5) is 3.80. The molecule has 108 valence electrons. The van der Waals surface area contributed by atoms with E-state index < -0.39 is 0 Å². The van der Waals surface area contributed by atoms with Crippen molar-refractivity contribution in [2.45, 2.75) is 32.9 Å². The van der Waals surface area contributed by atoms with Gasteiger partial charge in [0.2, 0.25) is 0 Å². The van der Waals surface area contributed by atoms with Crippen molar-refractivity contribution in [3.05, 3.63) is 50.6 Å². The average molecular weight is 353 g/mol. The number of hydrogen-bond donors (Lipinski definition) is 1. The highest BCUT2D eigenvalue weighted by Gasteiger charge is 2.15. The van der Waals surface area contributed by atoms with E-state index in [0.29, 0.717) is 12.6 Å². The van der Waals surface area contributed by atoms with Gasteiger partial charge in [0.25, 0.3) is 0 Å². The molecule has 0 unspecified atom stereocenters. The van der Waals surface area contributed by atoms with Gasteiger partial charge in [-0.2, -0.15) is 0 Å². The maximum Gasteiger partial charge on any atom is 0.0526 e. The molecule has 2 N–H and O–H groups in total. The fraction of sp³-hybridized carbons (Fsp3) is 0.375. The molecule has 0 saturated carbocycles. The molecule has 0 aliphatic heterocycles. The minimum absolute atomic E-state index is 0.453. The second-order valence-electron chi connectivity index (χ2n) is 5.13. The van der Waals surface area contributed by atoms with Crippen molar-refractivity contribution in [2.24, 2.45) is 5.73 Å². The fourth-order valence-corrected chi connectivity index (χ4v) is 3.58. The van der Waals surface area contributed by atoms with Crippen molar-refractivity contribution in [2.75, 3.05) is 11.4 Å². The molecule has 1 aromatic carbocycles. The van der Waals surface area contributed by atoms with Gasteiger partial charge in [-0.1, -0.05) is 12.1 Å². The molecule has 0 saturated heterocycles. The summed E-state index contributed by atoms with van der Waals surface area (Å²) in [6.07, 6.45) is 0.922. The molecule has 0 fully saturated rings. The molecular weight excluding hydrogens is 332 g/mol. The first kappa shape index (κ1) is 15.5. The molecule has 0 aliphatic carbocycles. The molecular formula is C16H21BrN2S. The Balaban J connectivity index is 2.25. The average Bonchev–Trinajstić information content (AvgIpc) is 2.90. The highest BCUT2D eigenvalue weighted by atomic mass is 79.9. The first-order chi connectivity index (χ1) is 9.61. The summed E-state index contributed by atoms with van der Waals surface area (Å²) in [5, 5.41) is 2.13. The topological polar surface area (TPSA) is 29.3 Å². The Morgan fingerprint density at radius 2 is 2.10 bits per heavy atom. The number of nitrogens with zero attached hydrogens (tertiary/aromatic N) is 1. The van der Waals surface area contributed by atoms with Crippen LogP contribution in [0.5, 0.6) is 0 Å². The van der Waals surface area contributed by atoms with Crippen molar-refractivity contribution >= 4 is 33.0 Å². The first-order valence-electron chi connectivity index (χ1n) is 6.89. The number of rotatable bonds is 6. The summed E-state index contributed by atoms with van der Waals surface area (Å²) in [6, 6.07) is 11.3. The van der Waals surface area contributed by atoms with Crippen molar-refractivity contribution in [1.82, 2.24) is 0 Å². The second kappa shape index (κ2) is 7.25. The van der Waals surface area contributed by atoms with Crippen LogP contribution in [0, 0.1) is 0 Å². The lowest BCUT2D eigenvalue weighted by Crippen LogP contribution is -2.30. The number of anilines is 1. The van der Waals surface area contributed by atoms with Gasteiger partial charge in [-0.3, -0.25) is 0 Å². The third kappa shape index (κ3) is 3.84. The van der Waals surface area contributed by atoms with Gasteiger partial charge in [-0.05, 0) is 71.9 Å². The van der Waals surface area contributed by atoms with E-state index in [4.69, 9.17) is 5.73 Å². The van der Waals surface area contributed by atoms with E-state index in [1.807, 2.05) is 0 Å². The van der Waals surface area contributed by atoms with E-state index in [9.17, 15) is 0 Å². The Hall–Kier alpha value is -0.840. The lowest BCUT2D eigenvalue weighted by Gasteiger charge is -2.30. The molecule has 0 aliphatic rings. The monoisotopic (exact) mass is 352 g/mol. The third-order valence-corrected chi connectivity index (χ3v) is 4.78. The smallest absolute Gasteiger partial charge is 0.0526 e. The van der Waals surface area contributed by atoms with Crippen LogP contribution in [0.2, 0.25) is 0 Å². The molecule has 0 amide bonds. The fourth-order valence-electron chi connectivity index (χ4n) is 2.22. The Kier molecular flexibility index (Phi) is 5.64. The Labute approximate surface area is 133 Å². The summed E-state index contributed by atoms with van der Waals surface area (Å²) in [6.45, 7) is 6.10. The van der Waals surface area contributed by atoms with Crippen LogP contribution >= 0.6 is 27.3 Å². The van der Waals surface area contributed by atoms with Gasteiger partial charge >= 0.3 is 0 Å². The van der Waals surface area contributed by atoms with Gasteiger partial charge in [-0.15, -0.1) is 11.3 Å². The standard InChI is InChI=1S/C16H21BrN2S/c1-12(2)19(11-14-4-3-9-20-14)16-6-5-13(7-8-18)10-15(16)17/h3-6,9-10,12H,7-8,11,18H2,1-2H3. The highest BCUT2D eigenvalue weighted by molar-refractivity contribution is 9.10. The van der Waals surface area contributed by atoms with Gasteiger partial charge in [0.05, 0.1) is 12.2 Å². The Bertz CT molecular complexity index is 537. The predicted octanol–water partition coefficient (Wildman–Crippen LogP) is 4.43. The third-order valence-electron chi connectivity index (χ3n) is 3.28. The van der Waals surface area contributed by atoms with Gasteiger partial charge in [0.1, 0.15) is 0 Å². The molecule has 0 radical (unpaired) electrons. The Morgan fingerprint density at radius 3 is 2.65 bits per heavy atom. The molecule has 2 nitrogen and oxygen atoms in total. The van der Waals surface area contributed by atoms with E-state index in [1.54, 1.807) is 11.3 Å². The number of hydrogen-bond acceptors (Lipinski definition) is 3. The van der Waals surface area contributed by atoms with Crippen molar-refractivity contribution in [1.29, 1.82) is 0 Å². The number of halogens is 1. The zero-order valence-corrected chi connectivity index (χ0v) is 14.4. The normalized spacial score (nSPS) is 11.1. The van der Waals surface area contributed by atoms with Crippen LogP contribution < -0.4 is 10.6 Å². The van der Waals surface area contributed by atoms with Crippen LogP contribution in [0.1, 0.15) is 24.3 Å². The van der Waals surface area contributed by atoms with E-state index >= 15 is 0 Å². The molecule has 0 bridgehead atoms. The number of thiophene rings is 1. The minimum Gasteiger partial charge on any atom is -0.363 e. The minimum atomic E-state index is 0.453. The largest absolute Gasteiger partial charge is 0.363 e.